The monoisotopic (exact) mass is 233 g/mol. The van der Waals surface area contributed by atoms with Gasteiger partial charge in [0.2, 0.25) is 0 Å². The molecule has 0 unspecified atom stereocenters. The molecule has 1 aliphatic rings. The van der Waals surface area contributed by atoms with Crippen LogP contribution >= 0.6 is 0 Å². The zero-order valence-corrected chi connectivity index (χ0v) is 10.4. The van der Waals surface area contributed by atoms with Crippen LogP contribution in [0.1, 0.15) is 31.2 Å². The SMILES string of the molecule is CN(C)c1cccc(C2(CC(=O)O)CCC2)c1. The molecule has 0 saturated heterocycles. The first-order valence-electron chi connectivity index (χ1n) is 6.03. The van der Waals surface area contributed by atoms with E-state index >= 15 is 0 Å². The third-order valence-electron chi connectivity index (χ3n) is 3.78. The number of hydrogen-bond acceptors (Lipinski definition) is 2. The smallest absolute Gasteiger partial charge is 0.304 e. The lowest BCUT2D eigenvalue weighted by atomic mass is 9.62. The Balaban J connectivity index is 2.31. The topological polar surface area (TPSA) is 40.5 Å². The van der Waals surface area contributed by atoms with Gasteiger partial charge in [-0.3, -0.25) is 4.79 Å². The number of benzene rings is 1. The van der Waals surface area contributed by atoms with E-state index in [9.17, 15) is 4.79 Å². The summed E-state index contributed by atoms with van der Waals surface area (Å²) in [6, 6.07) is 8.26. The van der Waals surface area contributed by atoms with Crippen LogP contribution in [0.4, 0.5) is 5.69 Å². The number of anilines is 1. The van der Waals surface area contributed by atoms with Crippen LogP contribution in [-0.4, -0.2) is 25.2 Å². The van der Waals surface area contributed by atoms with Gasteiger partial charge in [-0.05, 0) is 30.5 Å². The van der Waals surface area contributed by atoms with Crippen molar-refractivity contribution in [1.82, 2.24) is 0 Å². The molecule has 0 atom stereocenters. The number of carboxylic acids is 1. The second-order valence-corrected chi connectivity index (χ2v) is 5.15. The van der Waals surface area contributed by atoms with Crippen LogP contribution in [0.3, 0.4) is 0 Å². The van der Waals surface area contributed by atoms with Crippen molar-refractivity contribution in [3.63, 3.8) is 0 Å². The molecule has 1 aliphatic carbocycles. The standard InChI is InChI=1S/C14H19NO2/c1-15(2)12-6-3-5-11(9-12)14(7-4-8-14)10-13(16)17/h3,5-6,9H,4,7-8,10H2,1-2H3,(H,16,17). The Morgan fingerprint density at radius 3 is 2.59 bits per heavy atom. The molecule has 1 aromatic rings. The first-order valence-corrected chi connectivity index (χ1v) is 6.03. The molecule has 0 radical (unpaired) electrons. The van der Waals surface area contributed by atoms with Crippen molar-refractivity contribution in [1.29, 1.82) is 0 Å². The summed E-state index contributed by atoms with van der Waals surface area (Å²) in [5.41, 5.74) is 2.20. The van der Waals surface area contributed by atoms with Crippen molar-refractivity contribution in [2.75, 3.05) is 19.0 Å². The van der Waals surface area contributed by atoms with Gasteiger partial charge in [0, 0.05) is 25.2 Å². The molecule has 1 fully saturated rings. The zero-order chi connectivity index (χ0) is 12.5. The van der Waals surface area contributed by atoms with E-state index in [-0.39, 0.29) is 11.8 Å². The Bertz CT molecular complexity index is 422. The summed E-state index contributed by atoms with van der Waals surface area (Å²) < 4.78 is 0. The number of carboxylic acid groups (broad SMARTS) is 1. The number of rotatable bonds is 4. The molecule has 0 aliphatic heterocycles. The Morgan fingerprint density at radius 2 is 2.12 bits per heavy atom. The van der Waals surface area contributed by atoms with Gasteiger partial charge in [-0.25, -0.2) is 0 Å². The van der Waals surface area contributed by atoms with Gasteiger partial charge < -0.3 is 10.0 Å². The van der Waals surface area contributed by atoms with Crippen molar-refractivity contribution in [3.8, 4) is 0 Å². The predicted octanol–water partition coefficient (Wildman–Crippen LogP) is 2.65. The fraction of sp³-hybridized carbons (Fsp3) is 0.500. The van der Waals surface area contributed by atoms with E-state index in [1.165, 1.54) is 5.56 Å². The maximum Gasteiger partial charge on any atom is 0.304 e. The van der Waals surface area contributed by atoms with E-state index < -0.39 is 5.97 Å². The highest BCUT2D eigenvalue weighted by molar-refractivity contribution is 5.69. The molecule has 92 valence electrons. The molecule has 17 heavy (non-hydrogen) atoms. The van der Waals surface area contributed by atoms with E-state index in [0.717, 1.165) is 24.9 Å². The Morgan fingerprint density at radius 1 is 1.41 bits per heavy atom. The first-order chi connectivity index (χ1) is 8.03. The third kappa shape index (κ3) is 2.28. The van der Waals surface area contributed by atoms with Crippen molar-refractivity contribution in [3.05, 3.63) is 29.8 Å². The largest absolute Gasteiger partial charge is 0.481 e. The molecule has 0 spiro atoms. The van der Waals surface area contributed by atoms with E-state index in [1.54, 1.807) is 0 Å². The molecule has 1 N–H and O–H groups in total. The van der Waals surface area contributed by atoms with E-state index in [4.69, 9.17) is 5.11 Å². The van der Waals surface area contributed by atoms with Gasteiger partial charge in [-0.15, -0.1) is 0 Å². The third-order valence-corrected chi connectivity index (χ3v) is 3.78. The van der Waals surface area contributed by atoms with Crippen LogP contribution in [-0.2, 0) is 10.2 Å². The lowest BCUT2D eigenvalue weighted by Gasteiger charge is -2.41. The number of aliphatic carboxylic acids is 1. The minimum Gasteiger partial charge on any atom is -0.481 e. The first kappa shape index (κ1) is 12.0. The molecule has 0 bridgehead atoms. The maximum absolute atomic E-state index is 11.0. The van der Waals surface area contributed by atoms with Crippen LogP contribution in [0.5, 0.6) is 0 Å². The molecule has 2 rings (SSSR count). The molecular formula is C14H19NO2. The molecule has 3 nitrogen and oxygen atoms in total. The predicted molar refractivity (Wildman–Crippen MR) is 68.6 cm³/mol. The summed E-state index contributed by atoms with van der Waals surface area (Å²) in [5.74, 6) is -0.694. The average Bonchev–Trinajstić information content (AvgIpc) is 2.23. The molecular weight excluding hydrogens is 214 g/mol. The number of carbonyl (C=O) groups is 1. The number of nitrogens with zero attached hydrogens (tertiary/aromatic N) is 1. The highest BCUT2D eigenvalue weighted by atomic mass is 16.4. The van der Waals surface area contributed by atoms with Gasteiger partial charge in [-0.1, -0.05) is 18.6 Å². The van der Waals surface area contributed by atoms with Crippen LogP contribution in [0.15, 0.2) is 24.3 Å². The van der Waals surface area contributed by atoms with Crippen LogP contribution in [0.2, 0.25) is 0 Å². The number of hydrogen-bond donors (Lipinski definition) is 1. The zero-order valence-electron chi connectivity index (χ0n) is 10.4. The maximum atomic E-state index is 11.0. The van der Waals surface area contributed by atoms with Gasteiger partial charge in [-0.2, -0.15) is 0 Å². The Kier molecular flexibility index (Phi) is 3.09. The van der Waals surface area contributed by atoms with E-state index in [1.807, 2.05) is 20.2 Å². The second kappa shape index (κ2) is 4.40. The van der Waals surface area contributed by atoms with Gasteiger partial charge in [0.05, 0.1) is 6.42 Å². The normalized spacial score (nSPS) is 17.3. The summed E-state index contributed by atoms with van der Waals surface area (Å²) >= 11 is 0. The lowest BCUT2D eigenvalue weighted by molar-refractivity contribution is -0.139. The Hall–Kier alpha value is -1.51. The van der Waals surface area contributed by atoms with Gasteiger partial charge in [0.25, 0.3) is 0 Å². The van der Waals surface area contributed by atoms with Crippen LogP contribution < -0.4 is 4.90 Å². The van der Waals surface area contributed by atoms with Gasteiger partial charge >= 0.3 is 5.97 Å². The van der Waals surface area contributed by atoms with E-state index in [0.29, 0.717) is 0 Å². The second-order valence-electron chi connectivity index (χ2n) is 5.15. The summed E-state index contributed by atoms with van der Waals surface area (Å²) in [7, 11) is 4.01. The molecule has 3 heteroatoms. The lowest BCUT2D eigenvalue weighted by Crippen LogP contribution is -2.36. The van der Waals surface area contributed by atoms with Crippen molar-refractivity contribution < 1.29 is 9.90 Å². The fourth-order valence-electron chi connectivity index (χ4n) is 2.57. The summed E-state index contributed by atoms with van der Waals surface area (Å²) in [6.45, 7) is 0. The quantitative estimate of drug-likeness (QED) is 0.869. The summed E-state index contributed by atoms with van der Waals surface area (Å²) in [5, 5.41) is 9.04. The van der Waals surface area contributed by atoms with Crippen molar-refractivity contribution in [2.45, 2.75) is 31.1 Å². The highest BCUT2D eigenvalue weighted by Crippen LogP contribution is 2.47. The fourth-order valence-corrected chi connectivity index (χ4v) is 2.57. The molecule has 0 aromatic heterocycles. The molecule has 0 amide bonds. The minimum atomic E-state index is -0.694. The van der Waals surface area contributed by atoms with Gasteiger partial charge in [0.15, 0.2) is 0 Å². The van der Waals surface area contributed by atoms with Gasteiger partial charge in [0.1, 0.15) is 0 Å². The Labute approximate surface area is 102 Å². The van der Waals surface area contributed by atoms with E-state index in [2.05, 4.69) is 23.1 Å². The molecule has 0 heterocycles. The summed E-state index contributed by atoms with van der Waals surface area (Å²) in [6.07, 6.45) is 3.38. The van der Waals surface area contributed by atoms with Crippen molar-refractivity contribution in [2.24, 2.45) is 0 Å². The highest BCUT2D eigenvalue weighted by Gasteiger charge is 2.40. The average molecular weight is 233 g/mol. The van der Waals surface area contributed by atoms with Crippen LogP contribution in [0, 0.1) is 0 Å². The van der Waals surface area contributed by atoms with Crippen LogP contribution in [0.25, 0.3) is 0 Å². The molecule has 1 aromatic carbocycles. The molecule has 1 saturated carbocycles. The summed E-state index contributed by atoms with van der Waals surface area (Å²) in [4.78, 5) is 13.0. The van der Waals surface area contributed by atoms with Crippen molar-refractivity contribution >= 4 is 11.7 Å². The minimum absolute atomic E-state index is 0.113.